The van der Waals surface area contributed by atoms with Crippen molar-refractivity contribution in [1.29, 1.82) is 5.41 Å². The van der Waals surface area contributed by atoms with Gasteiger partial charge in [-0.2, -0.15) is 0 Å². The van der Waals surface area contributed by atoms with E-state index in [0.717, 1.165) is 6.42 Å². The summed E-state index contributed by atoms with van der Waals surface area (Å²) in [6.45, 7) is 5.92. The lowest BCUT2D eigenvalue weighted by Crippen LogP contribution is -1.78. The highest BCUT2D eigenvalue weighted by molar-refractivity contribution is 5.90. The van der Waals surface area contributed by atoms with E-state index >= 15 is 0 Å². The largest absolute Gasteiger partial charge is 0.306 e. The second-order valence-electron chi connectivity index (χ2n) is 2.37. The van der Waals surface area contributed by atoms with E-state index in [2.05, 4.69) is 13.0 Å². The van der Waals surface area contributed by atoms with Crippen LogP contribution >= 0.6 is 0 Å². The van der Waals surface area contributed by atoms with Crippen molar-refractivity contribution < 1.29 is 0 Å². The molecule has 56 valence electrons. The van der Waals surface area contributed by atoms with Gasteiger partial charge in [-0.1, -0.05) is 24.6 Å². The number of hydrogen-bond acceptors (Lipinski definition) is 1. The monoisotopic (exact) mass is 137 g/mol. The predicted octanol–water partition coefficient (Wildman–Crippen LogP) is 2.94. The number of rotatable bonds is 3. The lowest BCUT2D eigenvalue weighted by molar-refractivity contribution is 1.20. The summed E-state index contributed by atoms with van der Waals surface area (Å²) in [6, 6.07) is 0. The summed E-state index contributed by atoms with van der Waals surface area (Å²) in [6.07, 6.45) is 6.97. The first kappa shape index (κ1) is 9.15. The van der Waals surface area contributed by atoms with Gasteiger partial charge in [-0.15, -0.1) is 0 Å². The first-order chi connectivity index (χ1) is 4.66. The smallest absolute Gasteiger partial charge is 0.0283 e. The maximum atomic E-state index is 7.11. The van der Waals surface area contributed by atoms with Crippen LogP contribution in [0.25, 0.3) is 0 Å². The second kappa shape index (κ2) is 4.98. The van der Waals surface area contributed by atoms with Crippen LogP contribution in [-0.2, 0) is 0 Å². The number of hydrogen-bond donors (Lipinski definition) is 1. The van der Waals surface area contributed by atoms with Crippen LogP contribution in [0.2, 0.25) is 0 Å². The molecule has 0 radical (unpaired) electrons. The molecule has 0 heterocycles. The van der Waals surface area contributed by atoms with Gasteiger partial charge < -0.3 is 5.41 Å². The zero-order valence-corrected chi connectivity index (χ0v) is 6.94. The van der Waals surface area contributed by atoms with Crippen molar-refractivity contribution in [3.63, 3.8) is 0 Å². The van der Waals surface area contributed by atoms with Gasteiger partial charge in [0.15, 0.2) is 0 Å². The molecule has 0 aliphatic heterocycles. The quantitative estimate of drug-likeness (QED) is 0.457. The minimum atomic E-state index is 0.601. The summed E-state index contributed by atoms with van der Waals surface area (Å²) in [5.41, 5.74) is 1.83. The summed E-state index contributed by atoms with van der Waals surface area (Å²) >= 11 is 0. The van der Waals surface area contributed by atoms with Gasteiger partial charge in [0.05, 0.1) is 0 Å². The molecule has 0 aliphatic carbocycles. The molecular weight excluding hydrogens is 122 g/mol. The van der Waals surface area contributed by atoms with Crippen molar-refractivity contribution in [2.24, 2.45) is 0 Å². The molecule has 0 unspecified atom stereocenters. The molecule has 0 fully saturated rings. The first-order valence-corrected chi connectivity index (χ1v) is 3.56. The summed E-state index contributed by atoms with van der Waals surface area (Å²) < 4.78 is 0. The van der Waals surface area contributed by atoms with Gasteiger partial charge in [0.1, 0.15) is 0 Å². The van der Waals surface area contributed by atoms with E-state index in [0.29, 0.717) is 5.71 Å². The molecule has 1 heteroatoms. The Labute approximate surface area is 63.0 Å². The maximum Gasteiger partial charge on any atom is 0.0283 e. The van der Waals surface area contributed by atoms with Crippen molar-refractivity contribution in [1.82, 2.24) is 0 Å². The standard InChI is InChI=1S/C9H15N/c1-4-5-8(2)6-7-9(3)10/h5-7,10H,4H2,1-3H3/b7-6-,8-5-,10-9?. The topological polar surface area (TPSA) is 23.9 Å². The fraction of sp³-hybridized carbons (Fsp3) is 0.444. The summed E-state index contributed by atoms with van der Waals surface area (Å²) in [7, 11) is 0. The Morgan fingerprint density at radius 3 is 2.30 bits per heavy atom. The molecule has 0 bridgehead atoms. The van der Waals surface area contributed by atoms with Gasteiger partial charge in [0.25, 0.3) is 0 Å². The minimum absolute atomic E-state index is 0.601. The lowest BCUT2D eigenvalue weighted by Gasteiger charge is -1.88. The number of allylic oxidation sites excluding steroid dienone is 4. The molecule has 0 aromatic heterocycles. The van der Waals surface area contributed by atoms with Gasteiger partial charge in [-0.25, -0.2) is 0 Å². The Balaban J connectivity index is 3.89. The van der Waals surface area contributed by atoms with Crippen molar-refractivity contribution in [2.75, 3.05) is 0 Å². The Hall–Kier alpha value is -0.850. The Kier molecular flexibility index (Phi) is 4.55. The van der Waals surface area contributed by atoms with Gasteiger partial charge in [-0.3, -0.25) is 0 Å². The van der Waals surface area contributed by atoms with Crippen LogP contribution in [0.3, 0.4) is 0 Å². The van der Waals surface area contributed by atoms with E-state index in [1.807, 2.05) is 19.1 Å². The molecule has 0 spiro atoms. The van der Waals surface area contributed by atoms with Crippen LogP contribution in [0.15, 0.2) is 23.8 Å². The molecule has 0 atom stereocenters. The molecule has 10 heavy (non-hydrogen) atoms. The van der Waals surface area contributed by atoms with Crippen LogP contribution in [-0.4, -0.2) is 5.71 Å². The van der Waals surface area contributed by atoms with Crippen LogP contribution in [0.4, 0.5) is 0 Å². The molecule has 0 aromatic rings. The third kappa shape index (κ3) is 5.29. The Bertz CT molecular complexity index is 164. The van der Waals surface area contributed by atoms with E-state index in [-0.39, 0.29) is 0 Å². The Morgan fingerprint density at radius 2 is 1.90 bits per heavy atom. The van der Waals surface area contributed by atoms with Crippen molar-refractivity contribution in [2.45, 2.75) is 27.2 Å². The normalized spacial score (nSPS) is 12.5. The highest BCUT2D eigenvalue weighted by Gasteiger charge is 1.79. The first-order valence-electron chi connectivity index (χ1n) is 3.56. The van der Waals surface area contributed by atoms with Gasteiger partial charge in [-0.05, 0) is 26.3 Å². The van der Waals surface area contributed by atoms with Crippen LogP contribution in [0, 0.1) is 5.41 Å². The average Bonchev–Trinajstić information content (AvgIpc) is 1.85. The molecule has 0 rings (SSSR count). The third-order valence-electron chi connectivity index (χ3n) is 1.12. The second-order valence-corrected chi connectivity index (χ2v) is 2.37. The third-order valence-corrected chi connectivity index (χ3v) is 1.12. The summed E-state index contributed by atoms with van der Waals surface area (Å²) in [5, 5.41) is 7.11. The van der Waals surface area contributed by atoms with Crippen LogP contribution < -0.4 is 0 Å². The van der Waals surface area contributed by atoms with E-state index in [1.54, 1.807) is 6.92 Å². The van der Waals surface area contributed by atoms with Crippen molar-refractivity contribution >= 4 is 5.71 Å². The maximum absolute atomic E-state index is 7.11. The van der Waals surface area contributed by atoms with E-state index in [9.17, 15) is 0 Å². The van der Waals surface area contributed by atoms with Gasteiger partial charge in [0.2, 0.25) is 0 Å². The number of nitrogens with one attached hydrogen (secondary N) is 1. The minimum Gasteiger partial charge on any atom is -0.306 e. The highest BCUT2D eigenvalue weighted by atomic mass is 14.4. The van der Waals surface area contributed by atoms with Gasteiger partial charge in [0, 0.05) is 5.71 Å². The van der Waals surface area contributed by atoms with Crippen LogP contribution in [0.5, 0.6) is 0 Å². The average molecular weight is 137 g/mol. The zero-order chi connectivity index (χ0) is 7.98. The summed E-state index contributed by atoms with van der Waals surface area (Å²) in [5.74, 6) is 0. The summed E-state index contributed by atoms with van der Waals surface area (Å²) in [4.78, 5) is 0. The molecule has 0 aliphatic rings. The predicted molar refractivity (Wildman–Crippen MR) is 46.6 cm³/mol. The Morgan fingerprint density at radius 1 is 1.30 bits per heavy atom. The zero-order valence-electron chi connectivity index (χ0n) is 6.94. The highest BCUT2D eigenvalue weighted by Crippen LogP contribution is 1.96. The SMILES string of the molecule is CC/C=C(C)\C=C/C(C)=N. The van der Waals surface area contributed by atoms with Gasteiger partial charge >= 0.3 is 0 Å². The van der Waals surface area contributed by atoms with Crippen molar-refractivity contribution in [3.05, 3.63) is 23.8 Å². The van der Waals surface area contributed by atoms with Crippen LogP contribution in [0.1, 0.15) is 27.2 Å². The fourth-order valence-electron chi connectivity index (χ4n) is 0.646. The molecular formula is C9H15N. The molecule has 1 N–H and O–H groups in total. The lowest BCUT2D eigenvalue weighted by atomic mass is 10.2. The van der Waals surface area contributed by atoms with E-state index in [4.69, 9.17) is 5.41 Å². The van der Waals surface area contributed by atoms with E-state index < -0.39 is 0 Å². The molecule has 0 aromatic carbocycles. The fourth-order valence-corrected chi connectivity index (χ4v) is 0.646. The molecule has 1 nitrogen and oxygen atoms in total. The molecule has 0 amide bonds. The van der Waals surface area contributed by atoms with E-state index in [1.165, 1.54) is 5.57 Å². The molecule has 0 saturated heterocycles. The molecule has 0 saturated carbocycles. The van der Waals surface area contributed by atoms with Crippen molar-refractivity contribution in [3.8, 4) is 0 Å².